The molecule has 0 aliphatic heterocycles. The number of allylic oxidation sites excluding steroid dienone is 4. The van der Waals surface area contributed by atoms with Gasteiger partial charge in [0.25, 0.3) is 0 Å². The van der Waals surface area contributed by atoms with E-state index in [0.29, 0.717) is 0 Å². The molecule has 3 heteroatoms. The van der Waals surface area contributed by atoms with Crippen LogP contribution in [0, 0.1) is 0 Å². The highest BCUT2D eigenvalue weighted by Crippen LogP contribution is 2.34. The molecule has 0 saturated heterocycles. The summed E-state index contributed by atoms with van der Waals surface area (Å²) in [6.07, 6.45) is 12.2. The Morgan fingerprint density at radius 1 is 1.21 bits per heavy atom. The van der Waals surface area contributed by atoms with Crippen LogP contribution < -0.4 is 0 Å². The van der Waals surface area contributed by atoms with Crippen molar-refractivity contribution in [3.05, 3.63) is 66.5 Å². The van der Waals surface area contributed by atoms with Crippen LogP contribution in [-0.2, 0) is 5.41 Å². The molecule has 0 amide bonds. The third kappa shape index (κ3) is 1.93. The molecule has 0 bridgehead atoms. The standard InChI is InChI=1S/C16H14N2O/c19-18-12-16(9-4-1-5-10-16)15-14-7-3-2-6-13(14)8-11-17-15/h1-9,11-12,19H,10H2/b18-12+. The Morgan fingerprint density at radius 3 is 2.89 bits per heavy atom. The van der Waals surface area contributed by atoms with Crippen molar-refractivity contribution < 1.29 is 5.21 Å². The van der Waals surface area contributed by atoms with Crippen molar-refractivity contribution in [3.63, 3.8) is 0 Å². The molecule has 0 fully saturated rings. The maximum atomic E-state index is 9.00. The van der Waals surface area contributed by atoms with Gasteiger partial charge < -0.3 is 5.21 Å². The van der Waals surface area contributed by atoms with Crippen molar-refractivity contribution in [2.45, 2.75) is 11.8 Å². The van der Waals surface area contributed by atoms with E-state index in [2.05, 4.69) is 28.3 Å². The van der Waals surface area contributed by atoms with Gasteiger partial charge in [-0.15, -0.1) is 5.16 Å². The predicted molar refractivity (Wildman–Crippen MR) is 76.6 cm³/mol. The smallest absolute Gasteiger partial charge is 0.0734 e. The molecule has 1 aliphatic rings. The van der Waals surface area contributed by atoms with E-state index in [1.54, 1.807) is 12.4 Å². The van der Waals surface area contributed by atoms with Crippen molar-refractivity contribution in [2.24, 2.45) is 5.16 Å². The Labute approximate surface area is 111 Å². The van der Waals surface area contributed by atoms with Crippen molar-refractivity contribution >= 4 is 17.0 Å². The Morgan fingerprint density at radius 2 is 2.11 bits per heavy atom. The monoisotopic (exact) mass is 250 g/mol. The second-order valence-electron chi connectivity index (χ2n) is 4.66. The van der Waals surface area contributed by atoms with Crippen LogP contribution in [0.4, 0.5) is 0 Å². The first-order valence-electron chi connectivity index (χ1n) is 6.23. The van der Waals surface area contributed by atoms with E-state index in [0.717, 1.165) is 22.9 Å². The molecule has 1 heterocycles. The molecule has 19 heavy (non-hydrogen) atoms. The molecular weight excluding hydrogens is 236 g/mol. The number of pyridine rings is 1. The lowest BCUT2D eigenvalue weighted by molar-refractivity contribution is 0.318. The molecule has 1 aliphatic carbocycles. The quantitative estimate of drug-likeness (QED) is 0.504. The summed E-state index contributed by atoms with van der Waals surface area (Å²) in [5, 5.41) is 14.5. The van der Waals surface area contributed by atoms with Gasteiger partial charge in [0.1, 0.15) is 0 Å². The lowest BCUT2D eigenvalue weighted by Crippen LogP contribution is -2.27. The van der Waals surface area contributed by atoms with Gasteiger partial charge in [-0.05, 0) is 17.9 Å². The third-order valence-corrected chi connectivity index (χ3v) is 3.50. The van der Waals surface area contributed by atoms with Gasteiger partial charge in [0.05, 0.1) is 17.3 Å². The van der Waals surface area contributed by atoms with Crippen molar-refractivity contribution in [1.29, 1.82) is 0 Å². The van der Waals surface area contributed by atoms with Gasteiger partial charge in [0, 0.05) is 11.6 Å². The van der Waals surface area contributed by atoms with E-state index in [1.165, 1.54) is 0 Å². The second-order valence-corrected chi connectivity index (χ2v) is 4.66. The van der Waals surface area contributed by atoms with Crippen LogP contribution in [0.2, 0.25) is 0 Å². The number of nitrogens with zero attached hydrogens (tertiary/aromatic N) is 2. The number of oxime groups is 1. The Bertz CT molecular complexity index is 683. The fourth-order valence-electron chi connectivity index (χ4n) is 2.56. The van der Waals surface area contributed by atoms with Crippen LogP contribution in [0.1, 0.15) is 12.1 Å². The molecule has 0 radical (unpaired) electrons. The van der Waals surface area contributed by atoms with Gasteiger partial charge in [-0.2, -0.15) is 0 Å². The predicted octanol–water partition coefficient (Wildman–Crippen LogP) is 3.45. The van der Waals surface area contributed by atoms with Crippen LogP contribution in [0.5, 0.6) is 0 Å². The summed E-state index contributed by atoms with van der Waals surface area (Å²) in [6.45, 7) is 0. The van der Waals surface area contributed by atoms with Crippen LogP contribution in [0.15, 0.2) is 66.0 Å². The van der Waals surface area contributed by atoms with Crippen LogP contribution in [0.3, 0.4) is 0 Å². The maximum Gasteiger partial charge on any atom is 0.0734 e. The number of rotatable bonds is 2. The number of hydrogen-bond acceptors (Lipinski definition) is 3. The van der Waals surface area contributed by atoms with Crippen molar-refractivity contribution in [2.75, 3.05) is 0 Å². The Kier molecular flexibility index (Phi) is 2.88. The highest BCUT2D eigenvalue weighted by Gasteiger charge is 2.31. The molecule has 1 aromatic carbocycles. The molecule has 0 saturated carbocycles. The van der Waals surface area contributed by atoms with Gasteiger partial charge in [0.15, 0.2) is 0 Å². The van der Waals surface area contributed by atoms with Gasteiger partial charge >= 0.3 is 0 Å². The summed E-state index contributed by atoms with van der Waals surface area (Å²) in [7, 11) is 0. The first kappa shape index (κ1) is 11.7. The summed E-state index contributed by atoms with van der Waals surface area (Å²) in [5.41, 5.74) is 0.452. The maximum absolute atomic E-state index is 9.00. The summed E-state index contributed by atoms with van der Waals surface area (Å²) in [5.74, 6) is 0. The van der Waals surface area contributed by atoms with E-state index in [4.69, 9.17) is 5.21 Å². The van der Waals surface area contributed by atoms with Crippen LogP contribution in [0.25, 0.3) is 10.8 Å². The van der Waals surface area contributed by atoms with Gasteiger partial charge in [-0.1, -0.05) is 48.6 Å². The number of aromatic nitrogens is 1. The molecule has 3 nitrogen and oxygen atoms in total. The number of hydrogen-bond donors (Lipinski definition) is 1. The van der Waals surface area contributed by atoms with E-state index in [-0.39, 0.29) is 0 Å². The van der Waals surface area contributed by atoms with Crippen molar-refractivity contribution in [1.82, 2.24) is 4.98 Å². The molecule has 2 aromatic rings. The zero-order valence-electron chi connectivity index (χ0n) is 10.4. The average molecular weight is 250 g/mol. The molecule has 3 rings (SSSR count). The zero-order chi connectivity index (χ0) is 13.1. The summed E-state index contributed by atoms with van der Waals surface area (Å²) < 4.78 is 0. The van der Waals surface area contributed by atoms with Crippen LogP contribution >= 0.6 is 0 Å². The minimum atomic E-state index is -0.468. The lowest BCUT2D eigenvalue weighted by Gasteiger charge is -2.27. The summed E-state index contributed by atoms with van der Waals surface area (Å²) >= 11 is 0. The van der Waals surface area contributed by atoms with Gasteiger partial charge in [-0.25, -0.2) is 0 Å². The Balaban J connectivity index is 2.27. The molecule has 94 valence electrons. The van der Waals surface area contributed by atoms with Crippen LogP contribution in [-0.4, -0.2) is 16.4 Å². The van der Waals surface area contributed by atoms with Gasteiger partial charge in [0.2, 0.25) is 0 Å². The van der Waals surface area contributed by atoms with Crippen molar-refractivity contribution in [3.8, 4) is 0 Å². The number of fused-ring (bicyclic) bond motifs is 1. The first-order chi connectivity index (χ1) is 9.36. The molecule has 0 spiro atoms. The Hall–Kier alpha value is -2.42. The topological polar surface area (TPSA) is 45.5 Å². The van der Waals surface area contributed by atoms with E-state index < -0.39 is 5.41 Å². The summed E-state index contributed by atoms with van der Waals surface area (Å²) in [6, 6.07) is 10.1. The first-order valence-corrected chi connectivity index (χ1v) is 6.23. The zero-order valence-corrected chi connectivity index (χ0v) is 10.4. The van der Waals surface area contributed by atoms with E-state index in [9.17, 15) is 0 Å². The molecule has 1 unspecified atom stereocenters. The molecule has 1 N–H and O–H groups in total. The average Bonchev–Trinajstić information content (AvgIpc) is 2.48. The fourth-order valence-corrected chi connectivity index (χ4v) is 2.56. The molecule has 1 aromatic heterocycles. The molecule has 1 atom stereocenters. The number of benzene rings is 1. The highest BCUT2D eigenvalue weighted by atomic mass is 16.4. The lowest BCUT2D eigenvalue weighted by atomic mass is 9.78. The minimum Gasteiger partial charge on any atom is -0.411 e. The normalized spacial score (nSPS) is 22.3. The van der Waals surface area contributed by atoms with Gasteiger partial charge in [-0.3, -0.25) is 4.98 Å². The second kappa shape index (κ2) is 4.69. The van der Waals surface area contributed by atoms with E-state index in [1.807, 2.05) is 36.4 Å². The largest absolute Gasteiger partial charge is 0.411 e. The SMILES string of the molecule is O/N=C/C1(c2nccc3ccccc23)C=CC=CC1. The minimum absolute atomic E-state index is 0.468. The fraction of sp³-hybridized carbons (Fsp3) is 0.125. The van der Waals surface area contributed by atoms with E-state index >= 15 is 0 Å². The summed E-state index contributed by atoms with van der Waals surface area (Å²) in [4.78, 5) is 4.53. The third-order valence-electron chi connectivity index (χ3n) is 3.50. The molecular formula is C16H14N2O. The highest BCUT2D eigenvalue weighted by molar-refractivity contribution is 5.90.